The van der Waals surface area contributed by atoms with Crippen LogP contribution in [-0.2, 0) is 22.4 Å². The number of carbonyl (C=O) groups is 1. The molecule has 36 heavy (non-hydrogen) atoms. The molecule has 0 radical (unpaired) electrons. The highest BCUT2D eigenvalue weighted by Gasteiger charge is 2.39. The lowest BCUT2D eigenvalue weighted by Gasteiger charge is -2.20. The van der Waals surface area contributed by atoms with E-state index in [0.717, 1.165) is 38.5 Å². The number of rotatable bonds is 17. The van der Waals surface area contributed by atoms with Crippen LogP contribution in [0.25, 0.3) is 0 Å². The zero-order chi connectivity index (χ0) is 26.3. The fraction of sp³-hybridized carbons (Fsp3) is 0.633. The van der Waals surface area contributed by atoms with Gasteiger partial charge in [-0.15, -0.1) is 11.6 Å². The summed E-state index contributed by atoms with van der Waals surface area (Å²) < 4.78 is 5.70. The van der Waals surface area contributed by atoms with E-state index in [9.17, 15) is 15.0 Å². The minimum absolute atomic E-state index is 0.00712. The first-order valence-corrected chi connectivity index (χ1v) is 13.9. The number of hydrogen-bond donors (Lipinski definition) is 3. The van der Waals surface area contributed by atoms with E-state index in [1.54, 1.807) is 0 Å². The molecular formula is C30H45ClO5. The Morgan fingerprint density at radius 2 is 2.00 bits per heavy atom. The number of unbranched alkanes of at least 4 members (excludes halogenated alkanes) is 1. The molecule has 202 valence electrons. The normalized spacial score (nSPS) is 23.3. The Morgan fingerprint density at radius 1 is 1.22 bits per heavy atom. The van der Waals surface area contributed by atoms with E-state index in [1.165, 1.54) is 11.1 Å². The van der Waals surface area contributed by atoms with Crippen LogP contribution in [0.5, 0.6) is 0 Å². The molecule has 1 aliphatic carbocycles. The first kappa shape index (κ1) is 30.6. The van der Waals surface area contributed by atoms with Crippen LogP contribution in [0.4, 0.5) is 0 Å². The number of hydrogen-bond acceptors (Lipinski definition) is 4. The molecule has 0 bridgehead atoms. The fourth-order valence-corrected chi connectivity index (χ4v) is 5.39. The van der Waals surface area contributed by atoms with Crippen LogP contribution in [0.15, 0.2) is 48.6 Å². The number of allylic oxidation sites excluding steroid dienone is 3. The molecule has 1 aromatic rings. The zero-order valence-corrected chi connectivity index (χ0v) is 22.7. The van der Waals surface area contributed by atoms with E-state index in [-0.39, 0.29) is 42.3 Å². The number of benzene rings is 1. The molecule has 1 saturated carbocycles. The number of alkyl halides is 1. The Balaban J connectivity index is 2.00. The predicted molar refractivity (Wildman–Crippen MR) is 146 cm³/mol. The van der Waals surface area contributed by atoms with Gasteiger partial charge in [0.15, 0.2) is 0 Å². The maximum Gasteiger partial charge on any atom is 0.303 e. The summed E-state index contributed by atoms with van der Waals surface area (Å²) in [6.45, 7) is 4.97. The lowest BCUT2D eigenvalue weighted by molar-refractivity contribution is -0.137. The van der Waals surface area contributed by atoms with Gasteiger partial charge in [0.25, 0.3) is 0 Å². The van der Waals surface area contributed by atoms with Gasteiger partial charge in [0.2, 0.25) is 0 Å². The molecule has 2 rings (SSSR count). The van der Waals surface area contributed by atoms with Gasteiger partial charge in [-0.2, -0.15) is 0 Å². The number of aliphatic carboxylic acids is 1. The molecule has 0 aromatic heterocycles. The lowest BCUT2D eigenvalue weighted by atomic mass is 9.87. The van der Waals surface area contributed by atoms with Crippen molar-refractivity contribution in [2.24, 2.45) is 17.8 Å². The Kier molecular flexibility index (Phi) is 14.4. The lowest BCUT2D eigenvalue weighted by Crippen LogP contribution is -2.18. The second kappa shape index (κ2) is 17.0. The maximum absolute atomic E-state index is 10.7. The molecule has 5 nitrogen and oxygen atoms in total. The van der Waals surface area contributed by atoms with Gasteiger partial charge in [-0.1, -0.05) is 48.6 Å². The SMILES string of the molecule is CC(C)OCCc1cccc(CC(/C=C/[C@@H]2[C@@H](C/C=C\CCCC(=O)O)[C@H](Cl)C[C@H]2O)CCCO)c1. The van der Waals surface area contributed by atoms with Crippen molar-refractivity contribution in [1.29, 1.82) is 0 Å². The Labute approximate surface area is 222 Å². The Morgan fingerprint density at radius 3 is 2.72 bits per heavy atom. The predicted octanol–water partition coefficient (Wildman–Crippen LogP) is 5.95. The van der Waals surface area contributed by atoms with Gasteiger partial charge in [0.1, 0.15) is 0 Å². The van der Waals surface area contributed by atoms with Crippen LogP contribution in [0, 0.1) is 17.8 Å². The number of aliphatic hydroxyl groups is 2. The average Bonchev–Trinajstić information content (AvgIpc) is 3.09. The maximum atomic E-state index is 10.7. The molecule has 0 saturated heterocycles. The van der Waals surface area contributed by atoms with E-state index in [1.807, 2.05) is 19.9 Å². The van der Waals surface area contributed by atoms with E-state index in [4.69, 9.17) is 21.4 Å². The fourth-order valence-electron chi connectivity index (χ4n) is 4.94. The van der Waals surface area contributed by atoms with E-state index in [2.05, 4.69) is 42.5 Å². The van der Waals surface area contributed by atoms with Crippen LogP contribution in [0.2, 0.25) is 0 Å². The molecule has 1 fully saturated rings. The highest BCUT2D eigenvalue weighted by molar-refractivity contribution is 6.21. The molecule has 1 aliphatic rings. The Bertz CT molecular complexity index is 821. The van der Waals surface area contributed by atoms with Crippen LogP contribution < -0.4 is 0 Å². The van der Waals surface area contributed by atoms with Crippen molar-refractivity contribution in [3.05, 3.63) is 59.7 Å². The van der Waals surface area contributed by atoms with Crippen molar-refractivity contribution in [3.8, 4) is 0 Å². The molecule has 0 amide bonds. The number of carboxylic acids is 1. The average molecular weight is 521 g/mol. The molecular weight excluding hydrogens is 476 g/mol. The number of halogens is 1. The van der Waals surface area contributed by atoms with E-state index < -0.39 is 12.1 Å². The number of ether oxygens (including phenoxy) is 1. The summed E-state index contributed by atoms with van der Waals surface area (Å²) >= 11 is 6.61. The third kappa shape index (κ3) is 11.6. The highest BCUT2D eigenvalue weighted by atomic mass is 35.5. The van der Waals surface area contributed by atoms with Gasteiger partial charge < -0.3 is 20.1 Å². The summed E-state index contributed by atoms with van der Waals surface area (Å²) in [4.78, 5) is 10.7. The molecule has 3 N–H and O–H groups in total. The molecule has 1 unspecified atom stereocenters. The van der Waals surface area contributed by atoms with Crippen LogP contribution in [0.1, 0.15) is 69.9 Å². The van der Waals surface area contributed by atoms with Gasteiger partial charge in [-0.25, -0.2) is 0 Å². The second-order valence-corrected chi connectivity index (χ2v) is 10.8. The monoisotopic (exact) mass is 520 g/mol. The van der Waals surface area contributed by atoms with Gasteiger partial charge in [0, 0.05) is 24.3 Å². The molecule has 0 aliphatic heterocycles. The standard InChI is InChI=1S/C30H45ClO5/c1-22(2)36-18-16-24-9-7-10-25(20-24)19-23(11-8-17-32)14-15-27-26(28(31)21-29(27)33)12-5-3-4-6-13-30(34)35/h3,5,7,9-10,14-15,20,22-23,26-29,32-33H,4,6,8,11-13,16-19,21H2,1-2H3,(H,34,35)/b5-3-,15-14+/t23?,26-,27-,28-,29-/m1/s1. The van der Waals surface area contributed by atoms with Gasteiger partial charge in [-0.05, 0) is 88.2 Å². The van der Waals surface area contributed by atoms with Crippen molar-refractivity contribution in [2.75, 3.05) is 13.2 Å². The molecule has 0 heterocycles. The van der Waals surface area contributed by atoms with Crippen molar-refractivity contribution in [2.45, 2.75) is 89.2 Å². The summed E-state index contributed by atoms with van der Waals surface area (Å²) in [6.07, 6.45) is 14.6. The third-order valence-corrected chi connectivity index (χ3v) is 7.38. The van der Waals surface area contributed by atoms with Crippen LogP contribution in [0.3, 0.4) is 0 Å². The van der Waals surface area contributed by atoms with Crippen LogP contribution in [-0.4, -0.2) is 52.1 Å². The Hall–Kier alpha value is -1.66. The topological polar surface area (TPSA) is 87.0 Å². The molecule has 0 spiro atoms. The van der Waals surface area contributed by atoms with E-state index in [0.29, 0.717) is 19.4 Å². The minimum Gasteiger partial charge on any atom is -0.481 e. The number of aliphatic hydroxyl groups excluding tert-OH is 2. The molecule has 1 aromatic carbocycles. The smallest absolute Gasteiger partial charge is 0.303 e. The van der Waals surface area contributed by atoms with Crippen molar-refractivity contribution < 1.29 is 24.9 Å². The first-order valence-electron chi connectivity index (χ1n) is 13.5. The molecule has 5 atom stereocenters. The van der Waals surface area contributed by atoms with Crippen molar-refractivity contribution in [3.63, 3.8) is 0 Å². The highest BCUT2D eigenvalue weighted by Crippen LogP contribution is 2.39. The van der Waals surface area contributed by atoms with E-state index >= 15 is 0 Å². The summed E-state index contributed by atoms with van der Waals surface area (Å²) in [5, 5.41) is 28.8. The first-order chi connectivity index (χ1) is 17.3. The number of carboxylic acid groups (broad SMARTS) is 1. The summed E-state index contributed by atoms with van der Waals surface area (Å²) in [5.74, 6) is -0.354. The zero-order valence-electron chi connectivity index (χ0n) is 21.9. The summed E-state index contributed by atoms with van der Waals surface area (Å²) in [6, 6.07) is 8.65. The quantitative estimate of drug-likeness (QED) is 0.134. The van der Waals surface area contributed by atoms with Gasteiger partial charge >= 0.3 is 5.97 Å². The second-order valence-electron chi connectivity index (χ2n) is 10.3. The summed E-state index contributed by atoms with van der Waals surface area (Å²) in [5.41, 5.74) is 2.54. The summed E-state index contributed by atoms with van der Waals surface area (Å²) in [7, 11) is 0. The van der Waals surface area contributed by atoms with Gasteiger partial charge in [0.05, 0.1) is 18.8 Å². The minimum atomic E-state index is -0.768. The van der Waals surface area contributed by atoms with Crippen molar-refractivity contribution >= 4 is 17.6 Å². The van der Waals surface area contributed by atoms with Gasteiger partial charge in [-0.3, -0.25) is 4.79 Å². The van der Waals surface area contributed by atoms with Crippen molar-refractivity contribution in [1.82, 2.24) is 0 Å². The third-order valence-electron chi connectivity index (χ3n) is 6.88. The van der Waals surface area contributed by atoms with Crippen LogP contribution >= 0.6 is 11.6 Å². The largest absolute Gasteiger partial charge is 0.481 e. The molecule has 6 heteroatoms.